The molecule has 1 amide bonds. The van der Waals surface area contributed by atoms with Crippen LogP contribution >= 0.6 is 11.3 Å². The number of ether oxygens (including phenoxy) is 1. The Kier molecular flexibility index (Phi) is 4.29. The van der Waals surface area contributed by atoms with Crippen LogP contribution in [0.1, 0.15) is 15.4 Å². The molecular weight excluding hydrogens is 312 g/mol. The minimum Gasteiger partial charge on any atom is -0.497 e. The van der Waals surface area contributed by atoms with Crippen LogP contribution in [-0.2, 0) is 0 Å². The highest BCUT2D eigenvalue weighted by atomic mass is 32.1. The van der Waals surface area contributed by atoms with Crippen LogP contribution in [0.25, 0.3) is 10.6 Å². The van der Waals surface area contributed by atoms with Gasteiger partial charge >= 0.3 is 0 Å². The molecule has 0 saturated heterocycles. The molecule has 116 valence electrons. The number of aryl methyl sites for hydroxylation is 1. The molecule has 7 heteroatoms. The van der Waals surface area contributed by atoms with Crippen molar-refractivity contribution in [2.75, 3.05) is 12.4 Å². The van der Waals surface area contributed by atoms with Crippen LogP contribution in [-0.4, -0.2) is 28.0 Å². The van der Waals surface area contributed by atoms with Gasteiger partial charge in [-0.05, 0) is 37.3 Å². The summed E-state index contributed by atoms with van der Waals surface area (Å²) < 4.78 is 5.13. The van der Waals surface area contributed by atoms with Crippen molar-refractivity contribution in [3.63, 3.8) is 0 Å². The lowest BCUT2D eigenvalue weighted by molar-refractivity contribution is 0.102. The smallest absolute Gasteiger partial charge is 0.269 e. The van der Waals surface area contributed by atoms with Gasteiger partial charge < -0.3 is 4.74 Å². The quantitative estimate of drug-likeness (QED) is 0.797. The average Bonchev–Trinajstić information content (AvgIpc) is 3.05. The average molecular weight is 326 g/mol. The standard InChI is InChI=1S/C16H14N4O2S/c1-10-7-8-17-16(19-10)20-14(21)13-9-18-15(23-13)11-3-5-12(22-2)6-4-11/h3-9H,1-2H3,(H,17,19,20,21). The molecule has 3 aromatic rings. The van der Waals surface area contributed by atoms with Gasteiger partial charge in [0.2, 0.25) is 5.95 Å². The monoisotopic (exact) mass is 326 g/mol. The first-order valence-corrected chi connectivity index (χ1v) is 7.68. The third kappa shape index (κ3) is 3.51. The normalized spacial score (nSPS) is 10.3. The highest BCUT2D eigenvalue weighted by Gasteiger charge is 2.13. The van der Waals surface area contributed by atoms with Crippen LogP contribution in [0.3, 0.4) is 0 Å². The number of rotatable bonds is 4. The van der Waals surface area contributed by atoms with Gasteiger partial charge in [-0.3, -0.25) is 10.1 Å². The summed E-state index contributed by atoms with van der Waals surface area (Å²) >= 11 is 1.31. The zero-order valence-corrected chi connectivity index (χ0v) is 13.4. The van der Waals surface area contributed by atoms with Crippen LogP contribution in [0.15, 0.2) is 42.7 Å². The third-order valence-corrected chi connectivity index (χ3v) is 4.13. The zero-order chi connectivity index (χ0) is 16.2. The van der Waals surface area contributed by atoms with Crippen molar-refractivity contribution in [1.82, 2.24) is 15.0 Å². The van der Waals surface area contributed by atoms with E-state index in [1.807, 2.05) is 31.2 Å². The second-order valence-corrected chi connectivity index (χ2v) is 5.76. The van der Waals surface area contributed by atoms with Crippen molar-refractivity contribution in [2.24, 2.45) is 0 Å². The van der Waals surface area contributed by atoms with Crippen molar-refractivity contribution >= 4 is 23.2 Å². The molecule has 0 radical (unpaired) electrons. The van der Waals surface area contributed by atoms with Gasteiger partial charge in [-0.15, -0.1) is 11.3 Å². The second kappa shape index (κ2) is 6.53. The van der Waals surface area contributed by atoms with Gasteiger partial charge in [-0.2, -0.15) is 0 Å². The Bertz CT molecular complexity index is 830. The number of hydrogen-bond acceptors (Lipinski definition) is 6. The largest absolute Gasteiger partial charge is 0.497 e. The first kappa shape index (κ1) is 15.1. The van der Waals surface area contributed by atoms with Gasteiger partial charge in [0.15, 0.2) is 0 Å². The molecule has 0 unspecified atom stereocenters. The number of carbonyl (C=O) groups excluding carboxylic acids is 1. The second-order valence-electron chi connectivity index (χ2n) is 4.73. The number of anilines is 1. The first-order chi connectivity index (χ1) is 11.2. The number of amides is 1. The van der Waals surface area contributed by atoms with Crippen LogP contribution in [0, 0.1) is 6.92 Å². The van der Waals surface area contributed by atoms with Gasteiger partial charge in [0, 0.05) is 17.5 Å². The van der Waals surface area contributed by atoms with Crippen molar-refractivity contribution in [2.45, 2.75) is 6.92 Å². The number of nitrogens with zero attached hydrogens (tertiary/aromatic N) is 3. The van der Waals surface area contributed by atoms with Crippen molar-refractivity contribution in [1.29, 1.82) is 0 Å². The molecule has 0 aliphatic heterocycles. The lowest BCUT2D eigenvalue weighted by Gasteiger charge is -2.01. The summed E-state index contributed by atoms with van der Waals surface area (Å²) in [6.07, 6.45) is 3.16. The maximum Gasteiger partial charge on any atom is 0.269 e. The van der Waals surface area contributed by atoms with Crippen molar-refractivity contribution < 1.29 is 9.53 Å². The maximum absolute atomic E-state index is 12.2. The summed E-state index contributed by atoms with van der Waals surface area (Å²) in [5.41, 5.74) is 1.72. The van der Waals surface area contributed by atoms with E-state index >= 15 is 0 Å². The molecule has 6 nitrogen and oxygen atoms in total. The van der Waals surface area contributed by atoms with E-state index in [1.165, 1.54) is 11.3 Å². The molecule has 2 aromatic heterocycles. The number of nitrogens with one attached hydrogen (secondary N) is 1. The lowest BCUT2D eigenvalue weighted by atomic mass is 10.2. The number of aromatic nitrogens is 3. The highest BCUT2D eigenvalue weighted by molar-refractivity contribution is 7.17. The van der Waals surface area contributed by atoms with Crippen LogP contribution in [0.5, 0.6) is 5.75 Å². The van der Waals surface area contributed by atoms with Crippen LogP contribution in [0.4, 0.5) is 5.95 Å². The molecule has 0 spiro atoms. The molecule has 0 aliphatic carbocycles. The number of benzene rings is 1. The van der Waals surface area contributed by atoms with E-state index in [1.54, 1.807) is 25.6 Å². The van der Waals surface area contributed by atoms with Crippen molar-refractivity contribution in [3.05, 3.63) is 53.3 Å². The van der Waals surface area contributed by atoms with E-state index in [9.17, 15) is 4.79 Å². The van der Waals surface area contributed by atoms with Gasteiger partial charge in [-0.25, -0.2) is 15.0 Å². The Morgan fingerprint density at radius 2 is 1.96 bits per heavy atom. The van der Waals surface area contributed by atoms with Gasteiger partial charge in [-0.1, -0.05) is 0 Å². The summed E-state index contributed by atoms with van der Waals surface area (Å²) in [7, 11) is 1.62. The summed E-state index contributed by atoms with van der Waals surface area (Å²) in [6.45, 7) is 1.84. The highest BCUT2D eigenvalue weighted by Crippen LogP contribution is 2.27. The molecule has 0 saturated carbocycles. The Hall–Kier alpha value is -2.80. The van der Waals surface area contributed by atoms with Crippen molar-refractivity contribution in [3.8, 4) is 16.3 Å². The summed E-state index contributed by atoms with van der Waals surface area (Å²) in [4.78, 5) is 25.2. The topological polar surface area (TPSA) is 77.0 Å². The van der Waals surface area contributed by atoms with E-state index in [4.69, 9.17) is 4.74 Å². The van der Waals surface area contributed by atoms with E-state index in [2.05, 4.69) is 20.3 Å². The number of carbonyl (C=O) groups is 1. The van der Waals surface area contributed by atoms with Gasteiger partial charge in [0.05, 0.1) is 13.3 Å². The summed E-state index contributed by atoms with van der Waals surface area (Å²) in [5, 5.41) is 3.44. The summed E-state index contributed by atoms with van der Waals surface area (Å²) in [5.74, 6) is 0.794. The fourth-order valence-electron chi connectivity index (χ4n) is 1.92. The molecule has 0 atom stereocenters. The number of thiazole rings is 1. The Morgan fingerprint density at radius 3 is 2.65 bits per heavy atom. The van der Waals surface area contributed by atoms with Gasteiger partial charge in [0.1, 0.15) is 15.6 Å². The van der Waals surface area contributed by atoms with Crippen LogP contribution in [0.2, 0.25) is 0 Å². The minimum absolute atomic E-state index is 0.270. The Balaban J connectivity index is 1.76. The molecule has 0 bridgehead atoms. The van der Waals surface area contributed by atoms with Crippen LogP contribution < -0.4 is 10.1 Å². The SMILES string of the molecule is COc1ccc(-c2ncc(C(=O)Nc3nccc(C)n3)s2)cc1. The summed E-state index contributed by atoms with van der Waals surface area (Å²) in [6, 6.07) is 9.30. The van der Waals surface area contributed by atoms with E-state index in [0.29, 0.717) is 4.88 Å². The maximum atomic E-state index is 12.2. The fourth-order valence-corrected chi connectivity index (χ4v) is 2.74. The Morgan fingerprint density at radius 1 is 1.17 bits per heavy atom. The molecule has 0 aliphatic rings. The lowest BCUT2D eigenvalue weighted by Crippen LogP contribution is -2.12. The molecule has 1 N–H and O–H groups in total. The molecule has 1 aromatic carbocycles. The zero-order valence-electron chi connectivity index (χ0n) is 12.6. The minimum atomic E-state index is -0.270. The molecular formula is C16H14N4O2S. The Labute approximate surface area is 137 Å². The van der Waals surface area contributed by atoms with Gasteiger partial charge in [0.25, 0.3) is 5.91 Å². The molecule has 23 heavy (non-hydrogen) atoms. The predicted molar refractivity (Wildman–Crippen MR) is 88.8 cm³/mol. The van der Waals surface area contributed by atoms with E-state index < -0.39 is 0 Å². The van der Waals surface area contributed by atoms with E-state index in [-0.39, 0.29) is 11.9 Å². The van der Waals surface area contributed by atoms with E-state index in [0.717, 1.165) is 22.0 Å². The third-order valence-electron chi connectivity index (χ3n) is 3.09. The predicted octanol–water partition coefficient (Wildman–Crippen LogP) is 3.17. The first-order valence-electron chi connectivity index (χ1n) is 6.87. The molecule has 2 heterocycles. The molecule has 0 fully saturated rings. The fraction of sp³-hybridized carbons (Fsp3) is 0.125. The number of methoxy groups -OCH3 is 1. The molecule has 3 rings (SSSR count). The number of hydrogen-bond donors (Lipinski definition) is 1.